The van der Waals surface area contributed by atoms with E-state index in [0.29, 0.717) is 6.54 Å². The van der Waals surface area contributed by atoms with Crippen molar-refractivity contribution in [2.24, 2.45) is 0 Å². The fraction of sp³-hybridized carbons (Fsp3) is 0.500. The molecule has 0 aliphatic carbocycles. The van der Waals surface area contributed by atoms with Crippen molar-refractivity contribution in [3.8, 4) is 5.75 Å². The number of methoxy groups -OCH3 is 1. The maximum atomic E-state index is 12.3. The Balaban J connectivity index is 0.00000441. The predicted molar refractivity (Wildman–Crippen MR) is 85.2 cm³/mol. The van der Waals surface area contributed by atoms with E-state index in [2.05, 4.69) is 10.0 Å². The van der Waals surface area contributed by atoms with Crippen LogP contribution in [0.5, 0.6) is 5.75 Å². The molecule has 2 N–H and O–H groups in total. The van der Waals surface area contributed by atoms with E-state index >= 15 is 0 Å². The molecule has 0 spiro atoms. The zero-order valence-electron chi connectivity index (χ0n) is 12.5. The van der Waals surface area contributed by atoms with E-state index in [1.807, 2.05) is 13.8 Å². The van der Waals surface area contributed by atoms with Crippen molar-refractivity contribution >= 4 is 28.1 Å². The first-order valence-corrected chi connectivity index (χ1v) is 7.85. The number of sulfonamides is 1. The average molecular weight is 354 g/mol. The lowest BCUT2D eigenvalue weighted by atomic mass is 10.3. The molecule has 0 aromatic heterocycles. The Bertz CT molecular complexity index is 609. The molecular weight excluding hydrogens is 334 g/mol. The van der Waals surface area contributed by atoms with Crippen LogP contribution in [0, 0.1) is 10.1 Å². The second kappa shape index (κ2) is 8.89. The van der Waals surface area contributed by atoms with Crippen molar-refractivity contribution in [1.82, 2.24) is 10.0 Å². The lowest BCUT2D eigenvalue weighted by Crippen LogP contribution is -2.38. The molecule has 0 aliphatic rings. The van der Waals surface area contributed by atoms with Crippen LogP contribution in [-0.4, -0.2) is 39.6 Å². The molecule has 0 unspecified atom stereocenters. The number of ether oxygens (including phenoxy) is 1. The van der Waals surface area contributed by atoms with Crippen LogP contribution >= 0.6 is 12.4 Å². The summed E-state index contributed by atoms with van der Waals surface area (Å²) in [5.41, 5.74) is -0.309. The summed E-state index contributed by atoms with van der Waals surface area (Å²) in [4.78, 5) is 9.87. The summed E-state index contributed by atoms with van der Waals surface area (Å²) in [7, 11) is -2.58. The van der Waals surface area contributed by atoms with Gasteiger partial charge in [-0.05, 0) is 19.5 Å². The van der Waals surface area contributed by atoms with Gasteiger partial charge in [-0.1, -0.05) is 6.92 Å². The second-order valence-electron chi connectivity index (χ2n) is 4.40. The van der Waals surface area contributed by atoms with E-state index in [4.69, 9.17) is 4.74 Å². The van der Waals surface area contributed by atoms with Crippen molar-refractivity contribution in [2.75, 3.05) is 20.2 Å². The molecule has 10 heteroatoms. The summed E-state index contributed by atoms with van der Waals surface area (Å²) in [5, 5.41) is 13.8. The summed E-state index contributed by atoms with van der Waals surface area (Å²) in [6.45, 7) is 4.62. The highest BCUT2D eigenvalue weighted by atomic mass is 35.5. The Morgan fingerprint density at radius 2 is 2.05 bits per heavy atom. The van der Waals surface area contributed by atoms with Crippen LogP contribution in [0.3, 0.4) is 0 Å². The van der Waals surface area contributed by atoms with Gasteiger partial charge >= 0.3 is 0 Å². The highest BCUT2D eigenvalue weighted by molar-refractivity contribution is 7.89. The number of non-ortho nitro benzene ring substituents is 1. The van der Waals surface area contributed by atoms with Crippen molar-refractivity contribution in [3.63, 3.8) is 0 Å². The standard InChI is InChI=1S/C12H19N3O5S.ClH/c1-4-13-9(2)8-14-21(18,19)12-7-10(15(16)17)5-6-11(12)20-3;/h5-7,9,13-14H,4,8H2,1-3H3;1H/t9-;/m1./s1. The molecular formula is C12H20ClN3O5S. The Morgan fingerprint density at radius 3 is 2.55 bits per heavy atom. The average Bonchev–Trinajstić information content (AvgIpc) is 2.44. The normalized spacial score (nSPS) is 12.3. The smallest absolute Gasteiger partial charge is 0.271 e. The molecule has 1 atom stereocenters. The first-order valence-electron chi connectivity index (χ1n) is 6.37. The molecule has 0 heterocycles. The van der Waals surface area contributed by atoms with Gasteiger partial charge in [0.15, 0.2) is 0 Å². The molecule has 0 saturated carbocycles. The number of nitrogens with one attached hydrogen (secondary N) is 2. The van der Waals surface area contributed by atoms with Crippen molar-refractivity contribution in [2.45, 2.75) is 24.8 Å². The number of halogens is 1. The monoisotopic (exact) mass is 353 g/mol. The molecule has 1 rings (SSSR count). The SMILES string of the molecule is CCN[C@H](C)CNS(=O)(=O)c1cc([N+](=O)[O-])ccc1OC.Cl. The van der Waals surface area contributed by atoms with Crippen LogP contribution in [0.25, 0.3) is 0 Å². The number of benzene rings is 1. The van der Waals surface area contributed by atoms with Crippen molar-refractivity contribution < 1.29 is 18.1 Å². The fourth-order valence-electron chi connectivity index (χ4n) is 1.72. The van der Waals surface area contributed by atoms with E-state index in [0.717, 1.165) is 6.07 Å². The number of hydrogen-bond donors (Lipinski definition) is 2. The lowest BCUT2D eigenvalue weighted by molar-refractivity contribution is -0.385. The predicted octanol–water partition coefficient (Wildman–Crippen LogP) is 1.30. The number of nitrogens with zero attached hydrogens (tertiary/aromatic N) is 1. The number of likely N-dealkylation sites (N-methyl/N-ethyl adjacent to an activating group) is 1. The van der Waals surface area contributed by atoms with Gasteiger partial charge in [0.05, 0.1) is 12.0 Å². The summed E-state index contributed by atoms with van der Waals surface area (Å²) < 4.78 is 31.9. The molecule has 22 heavy (non-hydrogen) atoms. The zero-order valence-corrected chi connectivity index (χ0v) is 14.2. The van der Waals surface area contributed by atoms with Gasteiger partial charge in [0.1, 0.15) is 10.6 Å². The molecule has 126 valence electrons. The Hall–Kier alpha value is -1.42. The molecule has 1 aromatic carbocycles. The van der Waals surface area contributed by atoms with E-state index in [1.165, 1.54) is 19.2 Å². The minimum atomic E-state index is -3.89. The van der Waals surface area contributed by atoms with E-state index < -0.39 is 14.9 Å². The lowest BCUT2D eigenvalue weighted by Gasteiger charge is -2.14. The maximum absolute atomic E-state index is 12.3. The van der Waals surface area contributed by atoms with E-state index in [9.17, 15) is 18.5 Å². The van der Waals surface area contributed by atoms with Gasteiger partial charge in [-0.2, -0.15) is 0 Å². The molecule has 0 saturated heterocycles. The van der Waals surface area contributed by atoms with Crippen LogP contribution in [-0.2, 0) is 10.0 Å². The van der Waals surface area contributed by atoms with E-state index in [-0.39, 0.29) is 41.3 Å². The van der Waals surface area contributed by atoms with Crippen LogP contribution < -0.4 is 14.8 Å². The Labute approximate surface area is 135 Å². The van der Waals surface area contributed by atoms with Crippen molar-refractivity contribution in [3.05, 3.63) is 28.3 Å². The maximum Gasteiger partial charge on any atom is 0.271 e. The third-order valence-electron chi connectivity index (χ3n) is 2.78. The van der Waals surface area contributed by atoms with Gasteiger partial charge in [-0.3, -0.25) is 10.1 Å². The number of hydrogen-bond acceptors (Lipinski definition) is 6. The molecule has 0 amide bonds. The second-order valence-corrected chi connectivity index (χ2v) is 6.14. The third kappa shape index (κ3) is 5.41. The van der Waals surface area contributed by atoms with Gasteiger partial charge in [-0.15, -0.1) is 12.4 Å². The van der Waals surface area contributed by atoms with Crippen LogP contribution in [0.15, 0.2) is 23.1 Å². The molecule has 1 aromatic rings. The summed E-state index contributed by atoms with van der Waals surface area (Å²) in [6.07, 6.45) is 0. The fourth-order valence-corrected chi connectivity index (χ4v) is 3.04. The van der Waals surface area contributed by atoms with Gasteiger partial charge in [-0.25, -0.2) is 13.1 Å². The van der Waals surface area contributed by atoms with Gasteiger partial charge in [0, 0.05) is 24.7 Å². The van der Waals surface area contributed by atoms with Crippen LogP contribution in [0.1, 0.15) is 13.8 Å². The highest BCUT2D eigenvalue weighted by Gasteiger charge is 2.23. The topological polar surface area (TPSA) is 111 Å². The first-order chi connectivity index (χ1) is 9.81. The largest absolute Gasteiger partial charge is 0.495 e. The van der Waals surface area contributed by atoms with Gasteiger partial charge in [0.25, 0.3) is 5.69 Å². The van der Waals surface area contributed by atoms with Gasteiger partial charge < -0.3 is 10.1 Å². The molecule has 0 aliphatic heterocycles. The number of nitro groups is 1. The number of rotatable bonds is 8. The first kappa shape index (κ1) is 20.6. The zero-order chi connectivity index (χ0) is 16.0. The Morgan fingerprint density at radius 1 is 1.41 bits per heavy atom. The van der Waals surface area contributed by atoms with Crippen LogP contribution in [0.4, 0.5) is 5.69 Å². The van der Waals surface area contributed by atoms with Crippen molar-refractivity contribution in [1.29, 1.82) is 0 Å². The number of nitro benzene ring substituents is 1. The van der Waals surface area contributed by atoms with Crippen LogP contribution in [0.2, 0.25) is 0 Å². The molecule has 0 radical (unpaired) electrons. The quantitative estimate of drug-likeness (QED) is 0.538. The summed E-state index contributed by atoms with van der Waals surface area (Å²) in [6, 6.07) is 3.38. The summed E-state index contributed by atoms with van der Waals surface area (Å²) in [5.74, 6) is 0.0594. The third-order valence-corrected chi connectivity index (χ3v) is 4.22. The molecule has 8 nitrogen and oxygen atoms in total. The Kier molecular flexibility index (Phi) is 8.31. The minimum Gasteiger partial charge on any atom is -0.495 e. The summed E-state index contributed by atoms with van der Waals surface area (Å²) >= 11 is 0. The van der Waals surface area contributed by atoms with Gasteiger partial charge in [0.2, 0.25) is 10.0 Å². The highest BCUT2D eigenvalue weighted by Crippen LogP contribution is 2.27. The minimum absolute atomic E-state index is 0. The van der Waals surface area contributed by atoms with E-state index in [1.54, 1.807) is 0 Å². The molecule has 0 bridgehead atoms. The molecule has 0 fully saturated rings.